The molecule has 7 nitrogen and oxygen atoms in total. The van der Waals surface area contributed by atoms with Gasteiger partial charge in [0, 0.05) is 48.5 Å². The van der Waals surface area contributed by atoms with Gasteiger partial charge in [-0.2, -0.15) is 9.41 Å². The Morgan fingerprint density at radius 3 is 2.47 bits per heavy atom. The van der Waals surface area contributed by atoms with E-state index in [9.17, 15) is 8.42 Å². The normalized spacial score (nSPS) is 15.3. The van der Waals surface area contributed by atoms with E-state index in [1.54, 1.807) is 22.7 Å². The number of nitrogens with one attached hydrogen (secondary N) is 2. The summed E-state index contributed by atoms with van der Waals surface area (Å²) in [5, 5.41) is 8.60. The minimum Gasteiger partial charge on any atom is -0.350 e. The molecule has 1 aromatic heterocycles. The lowest BCUT2D eigenvalue weighted by molar-refractivity contribution is 0.346. The van der Waals surface area contributed by atoms with Crippen LogP contribution in [0.2, 0.25) is 0 Å². The minimum atomic E-state index is -3.50. The molecule has 0 amide bonds. The van der Waals surface area contributed by atoms with Crippen LogP contribution in [0.4, 0.5) is 5.69 Å². The summed E-state index contributed by atoms with van der Waals surface area (Å²) in [6.07, 6.45) is 6.49. The van der Waals surface area contributed by atoms with Crippen LogP contribution in [0.5, 0.6) is 0 Å². The van der Waals surface area contributed by atoms with Gasteiger partial charge in [0.05, 0.1) is 11.1 Å². The molecule has 3 aromatic rings. The van der Waals surface area contributed by atoms with Crippen molar-refractivity contribution in [1.82, 2.24) is 14.3 Å². The van der Waals surface area contributed by atoms with Crippen LogP contribution in [0.3, 0.4) is 0 Å². The first kappa shape index (κ1) is 24.4. The van der Waals surface area contributed by atoms with Crippen molar-refractivity contribution in [2.24, 2.45) is 12.1 Å². The van der Waals surface area contributed by atoms with E-state index >= 15 is 0 Å². The van der Waals surface area contributed by atoms with Crippen molar-refractivity contribution >= 4 is 50.2 Å². The molecule has 0 spiro atoms. The molecule has 1 aliphatic heterocycles. The highest BCUT2D eigenvalue weighted by molar-refractivity contribution is 7.89. The highest BCUT2D eigenvalue weighted by Crippen LogP contribution is 2.26. The maximum Gasteiger partial charge on any atom is 0.243 e. The molecular weight excluding hydrogens is 466 g/mol. The van der Waals surface area contributed by atoms with Crippen molar-refractivity contribution in [1.29, 1.82) is 0 Å². The van der Waals surface area contributed by atoms with Gasteiger partial charge in [-0.1, -0.05) is 32.4 Å². The molecule has 9 heteroatoms. The summed E-state index contributed by atoms with van der Waals surface area (Å²) in [6, 6.07) is 13.4. The number of hydrazone groups is 1. The third kappa shape index (κ3) is 5.32. The average Bonchev–Trinajstić information content (AvgIpc) is 3.15. The SMILES string of the molecule is CC(C)c1ccc(NC(=S)N/N=C\c2cn(C)c3ccc(S(=O)(=O)N4CCCCC4)cc23)cc1. The minimum absolute atomic E-state index is 0.317. The molecule has 180 valence electrons. The molecule has 0 radical (unpaired) electrons. The first-order valence-corrected chi connectivity index (χ1v) is 13.4. The third-order valence-corrected chi connectivity index (χ3v) is 8.24. The molecule has 1 fully saturated rings. The summed E-state index contributed by atoms with van der Waals surface area (Å²) in [5.41, 5.74) is 6.73. The van der Waals surface area contributed by atoms with Gasteiger partial charge in [0.2, 0.25) is 10.0 Å². The quantitative estimate of drug-likeness (QED) is 0.291. The Kier molecular flexibility index (Phi) is 7.35. The smallest absolute Gasteiger partial charge is 0.243 e. The number of thiocarbonyl (C=S) groups is 1. The van der Waals surface area contributed by atoms with Gasteiger partial charge in [0.1, 0.15) is 0 Å². The number of hydrogen-bond acceptors (Lipinski definition) is 4. The monoisotopic (exact) mass is 497 g/mol. The molecule has 1 saturated heterocycles. The zero-order chi connectivity index (χ0) is 24.3. The highest BCUT2D eigenvalue weighted by atomic mass is 32.2. The van der Waals surface area contributed by atoms with E-state index in [4.69, 9.17) is 12.2 Å². The predicted molar refractivity (Wildman–Crippen MR) is 143 cm³/mol. The number of benzene rings is 2. The van der Waals surface area contributed by atoms with Crippen LogP contribution in [-0.4, -0.2) is 41.7 Å². The van der Waals surface area contributed by atoms with Gasteiger partial charge >= 0.3 is 0 Å². The Balaban J connectivity index is 1.49. The number of aryl methyl sites for hydroxylation is 1. The molecule has 0 bridgehead atoms. The van der Waals surface area contributed by atoms with Crippen molar-refractivity contribution in [2.45, 2.75) is 43.9 Å². The van der Waals surface area contributed by atoms with E-state index in [1.165, 1.54) is 5.56 Å². The van der Waals surface area contributed by atoms with Gasteiger partial charge in [0.25, 0.3) is 0 Å². The third-order valence-electron chi connectivity index (χ3n) is 6.15. The molecule has 1 aliphatic rings. The Morgan fingerprint density at radius 1 is 1.09 bits per heavy atom. The second-order valence-corrected chi connectivity index (χ2v) is 11.3. The number of anilines is 1. The van der Waals surface area contributed by atoms with Crippen LogP contribution in [-0.2, 0) is 17.1 Å². The predicted octanol–water partition coefficient (Wildman–Crippen LogP) is 4.80. The lowest BCUT2D eigenvalue weighted by atomic mass is 10.0. The number of rotatable bonds is 6. The lowest BCUT2D eigenvalue weighted by Gasteiger charge is -2.25. The maximum absolute atomic E-state index is 13.1. The van der Waals surface area contributed by atoms with Crippen LogP contribution in [0.15, 0.2) is 58.7 Å². The Morgan fingerprint density at radius 2 is 1.79 bits per heavy atom. The zero-order valence-corrected chi connectivity index (χ0v) is 21.4. The fourth-order valence-corrected chi connectivity index (χ4v) is 5.90. The van der Waals surface area contributed by atoms with E-state index in [2.05, 4.69) is 41.8 Å². The number of nitrogens with zero attached hydrogens (tertiary/aromatic N) is 3. The Labute approximate surface area is 206 Å². The van der Waals surface area contributed by atoms with Gasteiger partial charge in [0.15, 0.2) is 5.11 Å². The number of piperidine rings is 1. The molecule has 4 rings (SSSR count). The molecule has 0 unspecified atom stereocenters. The second kappa shape index (κ2) is 10.2. The summed E-state index contributed by atoms with van der Waals surface area (Å²) in [5.74, 6) is 0.472. The average molecular weight is 498 g/mol. The molecule has 0 atom stereocenters. The van der Waals surface area contributed by atoms with Crippen molar-refractivity contribution in [3.63, 3.8) is 0 Å². The number of aromatic nitrogens is 1. The van der Waals surface area contributed by atoms with E-state index in [-0.39, 0.29) is 0 Å². The molecule has 0 saturated carbocycles. The standard InChI is InChI=1S/C25H31N5O2S2/c1-18(2)19-7-9-21(10-8-19)27-25(33)28-26-16-20-17-29(3)24-12-11-22(15-23(20)24)34(31,32)30-13-5-4-6-14-30/h7-12,15-18H,4-6,13-14H2,1-3H3,(H2,27,28,33)/b26-16-. The van der Waals surface area contributed by atoms with Crippen LogP contribution >= 0.6 is 12.2 Å². The van der Waals surface area contributed by atoms with Crippen LogP contribution in [0.25, 0.3) is 10.9 Å². The lowest BCUT2D eigenvalue weighted by Crippen LogP contribution is -2.35. The first-order chi connectivity index (χ1) is 16.3. The van der Waals surface area contributed by atoms with Crippen molar-refractivity contribution in [2.75, 3.05) is 18.4 Å². The Bertz CT molecular complexity index is 1310. The number of hydrogen-bond donors (Lipinski definition) is 2. The largest absolute Gasteiger partial charge is 0.350 e. The van der Waals surface area contributed by atoms with Crippen molar-refractivity contribution in [3.05, 3.63) is 59.8 Å². The summed E-state index contributed by atoms with van der Waals surface area (Å²) in [4.78, 5) is 0.317. The number of fused-ring (bicyclic) bond motifs is 1. The van der Waals surface area contributed by atoms with Crippen molar-refractivity contribution < 1.29 is 8.42 Å². The first-order valence-electron chi connectivity index (χ1n) is 11.5. The molecule has 2 aromatic carbocycles. The summed E-state index contributed by atoms with van der Waals surface area (Å²) >= 11 is 5.35. The van der Waals surface area contributed by atoms with E-state index in [0.717, 1.165) is 41.4 Å². The molecule has 2 heterocycles. The van der Waals surface area contributed by atoms with Crippen molar-refractivity contribution in [3.8, 4) is 0 Å². The maximum atomic E-state index is 13.1. The molecule has 34 heavy (non-hydrogen) atoms. The molecule has 0 aliphatic carbocycles. The topological polar surface area (TPSA) is 78.7 Å². The van der Waals surface area contributed by atoms with E-state index in [1.807, 2.05) is 36.0 Å². The van der Waals surface area contributed by atoms with E-state index in [0.29, 0.717) is 29.0 Å². The zero-order valence-electron chi connectivity index (χ0n) is 19.8. The van der Waals surface area contributed by atoms with Gasteiger partial charge in [-0.3, -0.25) is 5.43 Å². The summed E-state index contributed by atoms with van der Waals surface area (Å²) < 4.78 is 29.8. The fraction of sp³-hybridized carbons (Fsp3) is 0.360. The van der Waals surface area contributed by atoms with Gasteiger partial charge < -0.3 is 9.88 Å². The summed E-state index contributed by atoms with van der Waals surface area (Å²) in [7, 11) is -1.58. The van der Waals surface area contributed by atoms with Gasteiger partial charge in [-0.15, -0.1) is 0 Å². The second-order valence-electron chi connectivity index (χ2n) is 8.94. The number of sulfonamides is 1. The fourth-order valence-electron chi connectivity index (χ4n) is 4.19. The van der Waals surface area contributed by atoms with Crippen LogP contribution in [0.1, 0.15) is 50.2 Å². The van der Waals surface area contributed by atoms with Crippen LogP contribution < -0.4 is 10.7 Å². The Hall–Kier alpha value is -2.75. The van der Waals surface area contributed by atoms with Gasteiger partial charge in [-0.05, 0) is 66.9 Å². The highest BCUT2D eigenvalue weighted by Gasteiger charge is 2.26. The van der Waals surface area contributed by atoms with Crippen LogP contribution in [0, 0.1) is 0 Å². The molecular formula is C25H31N5O2S2. The van der Waals surface area contributed by atoms with E-state index < -0.39 is 10.0 Å². The summed E-state index contributed by atoms with van der Waals surface area (Å²) in [6.45, 7) is 5.47. The molecule has 2 N–H and O–H groups in total. The van der Waals surface area contributed by atoms with Gasteiger partial charge in [-0.25, -0.2) is 8.42 Å².